The van der Waals surface area contributed by atoms with Crippen molar-refractivity contribution < 1.29 is 0 Å². The largest absolute Gasteiger partial charge is 0.397 e. The summed E-state index contributed by atoms with van der Waals surface area (Å²) in [4.78, 5) is 0. The second-order valence-electron chi connectivity index (χ2n) is 4.87. The number of hydrogen-bond donors (Lipinski definition) is 2. The highest BCUT2D eigenvalue weighted by Crippen LogP contribution is 2.32. The molecule has 0 aliphatic heterocycles. The van der Waals surface area contributed by atoms with E-state index in [1.54, 1.807) is 12.1 Å². The monoisotopic (exact) mass is 292 g/mol. The third-order valence-electron chi connectivity index (χ3n) is 3.50. The number of benzene rings is 2. The minimum absolute atomic E-state index is 0.358. The van der Waals surface area contributed by atoms with Gasteiger partial charge >= 0.3 is 0 Å². The van der Waals surface area contributed by atoms with E-state index in [4.69, 9.17) is 28.9 Å². The predicted molar refractivity (Wildman–Crippen MR) is 82.1 cm³/mol. The van der Waals surface area contributed by atoms with Gasteiger partial charge in [-0.2, -0.15) is 0 Å². The van der Waals surface area contributed by atoms with Gasteiger partial charge in [0, 0.05) is 6.04 Å². The summed E-state index contributed by atoms with van der Waals surface area (Å²) in [5, 5.41) is 4.46. The van der Waals surface area contributed by atoms with Gasteiger partial charge in [0.25, 0.3) is 0 Å². The van der Waals surface area contributed by atoms with E-state index in [2.05, 4.69) is 29.6 Å². The summed E-state index contributed by atoms with van der Waals surface area (Å²) in [5.74, 6) is 0. The first kappa shape index (κ1) is 12.6. The smallest absolute Gasteiger partial charge is 0.0614 e. The van der Waals surface area contributed by atoms with Gasteiger partial charge in [-0.15, -0.1) is 0 Å². The standard InChI is InChI=1S/C15H14Cl2N2/c16-12-7-14(18)15(8-13(12)17)19-11-5-9-3-1-2-4-10(9)6-11/h1-4,7-8,11,19H,5-6,18H2. The van der Waals surface area contributed by atoms with Crippen LogP contribution in [0.4, 0.5) is 11.4 Å². The predicted octanol–water partition coefficient (Wildman–Crippen LogP) is 4.15. The van der Waals surface area contributed by atoms with E-state index in [0.29, 0.717) is 21.8 Å². The van der Waals surface area contributed by atoms with Crippen LogP contribution in [0.1, 0.15) is 11.1 Å². The van der Waals surface area contributed by atoms with Gasteiger partial charge < -0.3 is 11.1 Å². The molecule has 3 rings (SSSR count). The summed E-state index contributed by atoms with van der Waals surface area (Å²) in [6, 6.07) is 12.3. The average Bonchev–Trinajstić information content (AvgIpc) is 2.78. The molecule has 0 atom stereocenters. The number of nitrogens with two attached hydrogens (primary N) is 1. The molecule has 0 spiro atoms. The first-order valence-electron chi connectivity index (χ1n) is 6.21. The van der Waals surface area contributed by atoms with E-state index in [1.165, 1.54) is 11.1 Å². The number of nitrogen functional groups attached to an aromatic ring is 1. The molecule has 0 saturated carbocycles. The highest BCUT2D eigenvalue weighted by Gasteiger charge is 2.21. The molecule has 19 heavy (non-hydrogen) atoms. The second kappa shape index (κ2) is 4.95. The number of rotatable bonds is 2. The number of nitrogens with one attached hydrogen (secondary N) is 1. The fourth-order valence-electron chi connectivity index (χ4n) is 2.57. The van der Waals surface area contributed by atoms with Crippen molar-refractivity contribution in [3.63, 3.8) is 0 Å². The number of hydrogen-bond acceptors (Lipinski definition) is 2. The molecule has 98 valence electrons. The zero-order valence-corrected chi connectivity index (χ0v) is 11.8. The molecule has 2 nitrogen and oxygen atoms in total. The molecular weight excluding hydrogens is 279 g/mol. The summed E-state index contributed by atoms with van der Waals surface area (Å²) >= 11 is 12.0. The fourth-order valence-corrected chi connectivity index (χ4v) is 2.90. The summed E-state index contributed by atoms with van der Waals surface area (Å²) in [5.41, 5.74) is 10.3. The van der Waals surface area contributed by atoms with Gasteiger partial charge in [0.15, 0.2) is 0 Å². The molecule has 2 aromatic carbocycles. The molecule has 2 aromatic rings. The maximum absolute atomic E-state index is 6.03. The Hall–Kier alpha value is -1.38. The van der Waals surface area contributed by atoms with Crippen molar-refractivity contribution in [2.45, 2.75) is 18.9 Å². The lowest BCUT2D eigenvalue weighted by atomic mass is 10.1. The fraction of sp³-hybridized carbons (Fsp3) is 0.200. The zero-order valence-electron chi connectivity index (χ0n) is 10.3. The van der Waals surface area contributed by atoms with Crippen molar-refractivity contribution in [3.8, 4) is 0 Å². The first-order chi connectivity index (χ1) is 9.13. The van der Waals surface area contributed by atoms with E-state index in [-0.39, 0.29) is 0 Å². The van der Waals surface area contributed by atoms with Gasteiger partial charge in [-0.25, -0.2) is 0 Å². The van der Waals surface area contributed by atoms with Crippen molar-refractivity contribution in [1.29, 1.82) is 0 Å². The molecule has 1 aliphatic carbocycles. The van der Waals surface area contributed by atoms with Crippen molar-refractivity contribution in [3.05, 3.63) is 57.6 Å². The Kier molecular flexibility index (Phi) is 3.29. The molecule has 0 radical (unpaired) electrons. The second-order valence-corrected chi connectivity index (χ2v) is 5.69. The van der Waals surface area contributed by atoms with Crippen LogP contribution >= 0.6 is 23.2 Å². The lowest BCUT2D eigenvalue weighted by molar-refractivity contribution is 0.775. The van der Waals surface area contributed by atoms with Gasteiger partial charge in [0.2, 0.25) is 0 Å². The highest BCUT2D eigenvalue weighted by molar-refractivity contribution is 6.42. The maximum Gasteiger partial charge on any atom is 0.0614 e. The molecular formula is C15H14Cl2N2. The Bertz CT molecular complexity index is 601. The molecule has 0 amide bonds. The third kappa shape index (κ3) is 2.51. The Morgan fingerprint density at radius 3 is 2.21 bits per heavy atom. The Morgan fingerprint density at radius 2 is 1.58 bits per heavy atom. The first-order valence-corrected chi connectivity index (χ1v) is 6.97. The van der Waals surface area contributed by atoms with Crippen molar-refractivity contribution >= 4 is 34.6 Å². The zero-order chi connectivity index (χ0) is 13.4. The molecule has 0 saturated heterocycles. The van der Waals surface area contributed by atoms with E-state index < -0.39 is 0 Å². The normalized spacial score (nSPS) is 14.4. The van der Waals surface area contributed by atoms with Crippen molar-refractivity contribution in [2.75, 3.05) is 11.1 Å². The SMILES string of the molecule is Nc1cc(Cl)c(Cl)cc1NC1Cc2ccccc2C1. The van der Waals surface area contributed by atoms with Gasteiger partial charge in [0.05, 0.1) is 21.4 Å². The molecule has 0 heterocycles. The lowest BCUT2D eigenvalue weighted by Gasteiger charge is -2.16. The Balaban J connectivity index is 1.79. The van der Waals surface area contributed by atoms with Crippen LogP contribution in [0.3, 0.4) is 0 Å². The molecule has 1 aliphatic rings. The molecule has 4 heteroatoms. The van der Waals surface area contributed by atoms with Gasteiger partial charge in [-0.1, -0.05) is 47.5 Å². The summed E-state index contributed by atoms with van der Waals surface area (Å²) < 4.78 is 0. The molecule has 3 N–H and O–H groups in total. The van der Waals surface area contributed by atoms with E-state index in [9.17, 15) is 0 Å². The van der Waals surface area contributed by atoms with Crippen LogP contribution < -0.4 is 11.1 Å². The van der Waals surface area contributed by atoms with Crippen LogP contribution in [0.15, 0.2) is 36.4 Å². The van der Waals surface area contributed by atoms with Crippen LogP contribution in [-0.2, 0) is 12.8 Å². The molecule has 0 fully saturated rings. The minimum Gasteiger partial charge on any atom is -0.397 e. The molecule has 0 aromatic heterocycles. The number of anilines is 2. The van der Waals surface area contributed by atoms with Crippen LogP contribution in [0.25, 0.3) is 0 Å². The van der Waals surface area contributed by atoms with Crippen LogP contribution in [0.5, 0.6) is 0 Å². The quantitative estimate of drug-likeness (QED) is 0.816. The molecule has 0 unspecified atom stereocenters. The summed E-state index contributed by atoms with van der Waals surface area (Å²) in [6.07, 6.45) is 2.02. The number of halogens is 2. The van der Waals surface area contributed by atoms with Crippen LogP contribution in [0.2, 0.25) is 10.0 Å². The summed E-state index contributed by atoms with van der Waals surface area (Å²) in [7, 11) is 0. The average molecular weight is 293 g/mol. The van der Waals surface area contributed by atoms with E-state index >= 15 is 0 Å². The van der Waals surface area contributed by atoms with Gasteiger partial charge in [-0.05, 0) is 36.1 Å². The van der Waals surface area contributed by atoms with Crippen LogP contribution in [-0.4, -0.2) is 6.04 Å². The van der Waals surface area contributed by atoms with Gasteiger partial charge in [-0.3, -0.25) is 0 Å². The Labute approximate surface area is 122 Å². The number of fused-ring (bicyclic) bond motifs is 1. The lowest BCUT2D eigenvalue weighted by Crippen LogP contribution is -2.20. The van der Waals surface area contributed by atoms with Crippen molar-refractivity contribution in [1.82, 2.24) is 0 Å². The topological polar surface area (TPSA) is 38.0 Å². The summed E-state index contributed by atoms with van der Waals surface area (Å²) in [6.45, 7) is 0. The Morgan fingerprint density at radius 1 is 1.00 bits per heavy atom. The van der Waals surface area contributed by atoms with E-state index in [1.807, 2.05) is 0 Å². The maximum atomic E-state index is 6.03. The van der Waals surface area contributed by atoms with Crippen molar-refractivity contribution in [2.24, 2.45) is 0 Å². The minimum atomic E-state index is 0.358. The highest BCUT2D eigenvalue weighted by atomic mass is 35.5. The molecule has 0 bridgehead atoms. The van der Waals surface area contributed by atoms with Crippen LogP contribution in [0, 0.1) is 0 Å². The third-order valence-corrected chi connectivity index (χ3v) is 4.23. The van der Waals surface area contributed by atoms with Gasteiger partial charge in [0.1, 0.15) is 0 Å². The van der Waals surface area contributed by atoms with E-state index in [0.717, 1.165) is 18.5 Å².